The molecule has 0 aliphatic carbocycles. The zero-order valence-corrected chi connectivity index (χ0v) is 13.4. The standard InChI is InChI=1S/C20H13FN4/c1-13-9-10-15(14(11-13)12-22)20-16(21)5-4-8-19(20)25-18-7-3-2-6-17(18)23-24-25/h2-11H,1H3. The molecule has 0 amide bonds. The van der Waals surface area contributed by atoms with Crippen LogP contribution in [0.4, 0.5) is 4.39 Å². The Morgan fingerprint density at radius 1 is 1.04 bits per heavy atom. The molecule has 0 aliphatic heterocycles. The summed E-state index contributed by atoms with van der Waals surface area (Å²) in [7, 11) is 0. The molecule has 0 unspecified atom stereocenters. The van der Waals surface area contributed by atoms with Crippen molar-refractivity contribution in [2.75, 3.05) is 0 Å². The molecule has 1 aromatic heterocycles. The van der Waals surface area contributed by atoms with Gasteiger partial charge in [0.25, 0.3) is 0 Å². The minimum absolute atomic E-state index is 0.342. The van der Waals surface area contributed by atoms with Crippen molar-refractivity contribution >= 4 is 11.0 Å². The Balaban J connectivity index is 2.05. The Hall–Kier alpha value is -3.52. The van der Waals surface area contributed by atoms with Crippen molar-refractivity contribution in [2.45, 2.75) is 6.92 Å². The van der Waals surface area contributed by atoms with Gasteiger partial charge >= 0.3 is 0 Å². The highest BCUT2D eigenvalue weighted by Gasteiger charge is 2.18. The molecule has 0 saturated carbocycles. The lowest BCUT2D eigenvalue weighted by molar-refractivity contribution is 0.629. The molecular weight excluding hydrogens is 315 g/mol. The van der Waals surface area contributed by atoms with Crippen molar-refractivity contribution in [1.29, 1.82) is 5.26 Å². The van der Waals surface area contributed by atoms with Crippen LogP contribution in [-0.4, -0.2) is 15.0 Å². The van der Waals surface area contributed by atoms with Crippen LogP contribution in [0.2, 0.25) is 0 Å². The first-order valence-corrected chi connectivity index (χ1v) is 7.79. The molecule has 0 spiro atoms. The molecule has 0 radical (unpaired) electrons. The molecule has 4 rings (SSSR count). The summed E-state index contributed by atoms with van der Waals surface area (Å²) < 4.78 is 16.4. The normalized spacial score (nSPS) is 10.8. The van der Waals surface area contributed by atoms with Crippen LogP contribution in [0.25, 0.3) is 27.8 Å². The predicted molar refractivity (Wildman–Crippen MR) is 93.7 cm³/mol. The highest BCUT2D eigenvalue weighted by Crippen LogP contribution is 2.33. The fourth-order valence-corrected chi connectivity index (χ4v) is 2.97. The zero-order valence-electron chi connectivity index (χ0n) is 13.4. The van der Waals surface area contributed by atoms with E-state index in [4.69, 9.17) is 0 Å². The average Bonchev–Trinajstić information content (AvgIpc) is 3.06. The van der Waals surface area contributed by atoms with Crippen LogP contribution >= 0.6 is 0 Å². The van der Waals surface area contributed by atoms with Crippen molar-refractivity contribution in [1.82, 2.24) is 15.0 Å². The first kappa shape index (κ1) is 15.0. The molecule has 0 bridgehead atoms. The molecule has 4 aromatic rings. The predicted octanol–water partition coefficient (Wildman–Crippen LogP) is 4.41. The summed E-state index contributed by atoms with van der Waals surface area (Å²) in [4.78, 5) is 0. The van der Waals surface area contributed by atoms with E-state index >= 15 is 0 Å². The number of nitriles is 1. The lowest BCUT2D eigenvalue weighted by Gasteiger charge is -2.13. The Morgan fingerprint density at radius 3 is 2.72 bits per heavy atom. The van der Waals surface area contributed by atoms with Crippen LogP contribution in [0.1, 0.15) is 11.1 Å². The summed E-state index contributed by atoms with van der Waals surface area (Å²) in [5.74, 6) is -0.405. The van der Waals surface area contributed by atoms with Crippen LogP contribution in [0, 0.1) is 24.1 Å². The molecule has 120 valence electrons. The number of hydrogen-bond donors (Lipinski definition) is 0. The number of para-hydroxylation sites is 1. The third-order valence-corrected chi connectivity index (χ3v) is 4.14. The van der Waals surface area contributed by atoms with E-state index in [0.717, 1.165) is 16.6 Å². The van der Waals surface area contributed by atoms with Gasteiger partial charge in [0, 0.05) is 11.1 Å². The number of nitrogens with zero attached hydrogens (tertiary/aromatic N) is 4. The highest BCUT2D eigenvalue weighted by molar-refractivity contribution is 5.82. The molecule has 0 N–H and O–H groups in total. The van der Waals surface area contributed by atoms with E-state index in [2.05, 4.69) is 16.4 Å². The van der Waals surface area contributed by atoms with Gasteiger partial charge < -0.3 is 0 Å². The summed E-state index contributed by atoms with van der Waals surface area (Å²) >= 11 is 0. The van der Waals surface area contributed by atoms with E-state index in [0.29, 0.717) is 22.4 Å². The quantitative estimate of drug-likeness (QED) is 0.548. The van der Waals surface area contributed by atoms with E-state index in [9.17, 15) is 9.65 Å². The first-order valence-electron chi connectivity index (χ1n) is 7.79. The lowest BCUT2D eigenvalue weighted by atomic mass is 9.96. The Labute approximate surface area is 143 Å². The van der Waals surface area contributed by atoms with Gasteiger partial charge in [-0.3, -0.25) is 0 Å². The maximum atomic E-state index is 14.8. The fourth-order valence-electron chi connectivity index (χ4n) is 2.97. The Bertz CT molecular complexity index is 1140. The van der Waals surface area contributed by atoms with Crippen molar-refractivity contribution in [3.63, 3.8) is 0 Å². The van der Waals surface area contributed by atoms with Crippen LogP contribution in [0.3, 0.4) is 0 Å². The maximum absolute atomic E-state index is 14.8. The summed E-state index contributed by atoms with van der Waals surface area (Å²) in [6, 6.07) is 19.8. The Morgan fingerprint density at radius 2 is 1.88 bits per heavy atom. The van der Waals surface area contributed by atoms with Crippen LogP contribution in [0.5, 0.6) is 0 Å². The Kier molecular flexibility index (Phi) is 3.51. The van der Waals surface area contributed by atoms with E-state index in [1.807, 2.05) is 37.3 Å². The zero-order chi connectivity index (χ0) is 17.4. The second-order valence-electron chi connectivity index (χ2n) is 5.78. The molecular formula is C20H13FN4. The minimum Gasteiger partial charge on any atom is -0.212 e. The molecule has 3 aromatic carbocycles. The summed E-state index contributed by atoms with van der Waals surface area (Å²) in [5.41, 5.74) is 4.31. The molecule has 0 saturated heterocycles. The van der Waals surface area contributed by atoms with Crippen molar-refractivity contribution < 1.29 is 4.39 Å². The van der Waals surface area contributed by atoms with Crippen molar-refractivity contribution in [2.24, 2.45) is 0 Å². The third kappa shape index (κ3) is 2.45. The van der Waals surface area contributed by atoms with Gasteiger partial charge in [0.15, 0.2) is 0 Å². The van der Waals surface area contributed by atoms with Gasteiger partial charge in [-0.25, -0.2) is 9.07 Å². The van der Waals surface area contributed by atoms with Gasteiger partial charge in [-0.2, -0.15) is 5.26 Å². The third-order valence-electron chi connectivity index (χ3n) is 4.14. The fraction of sp³-hybridized carbons (Fsp3) is 0.0500. The molecule has 0 atom stereocenters. The van der Waals surface area contributed by atoms with Crippen LogP contribution in [0.15, 0.2) is 60.7 Å². The minimum atomic E-state index is -0.405. The van der Waals surface area contributed by atoms with E-state index in [-0.39, 0.29) is 0 Å². The van der Waals surface area contributed by atoms with Crippen molar-refractivity contribution in [3.8, 4) is 22.9 Å². The summed E-state index contributed by atoms with van der Waals surface area (Å²) in [5, 5.41) is 17.8. The van der Waals surface area contributed by atoms with Crippen LogP contribution < -0.4 is 0 Å². The number of aryl methyl sites for hydroxylation is 1. The SMILES string of the molecule is Cc1ccc(-c2c(F)cccc2-n2nnc3ccccc32)c(C#N)c1. The molecule has 0 aliphatic rings. The van der Waals surface area contributed by atoms with Crippen LogP contribution in [-0.2, 0) is 0 Å². The molecule has 4 nitrogen and oxygen atoms in total. The van der Waals surface area contributed by atoms with E-state index < -0.39 is 5.82 Å². The average molecular weight is 328 g/mol. The monoisotopic (exact) mass is 328 g/mol. The van der Waals surface area contributed by atoms with E-state index in [1.54, 1.807) is 28.9 Å². The van der Waals surface area contributed by atoms with Gasteiger partial charge in [-0.1, -0.05) is 35.5 Å². The largest absolute Gasteiger partial charge is 0.212 e. The second-order valence-corrected chi connectivity index (χ2v) is 5.78. The second kappa shape index (κ2) is 5.84. The topological polar surface area (TPSA) is 54.5 Å². The van der Waals surface area contributed by atoms with Gasteiger partial charge in [0.2, 0.25) is 0 Å². The van der Waals surface area contributed by atoms with Gasteiger partial charge in [-0.05, 0) is 42.8 Å². The molecule has 25 heavy (non-hydrogen) atoms. The number of halogens is 1. The van der Waals surface area contributed by atoms with Gasteiger partial charge in [0.1, 0.15) is 11.3 Å². The summed E-state index contributed by atoms with van der Waals surface area (Å²) in [6.07, 6.45) is 0. The first-order chi connectivity index (χ1) is 12.2. The summed E-state index contributed by atoms with van der Waals surface area (Å²) in [6.45, 7) is 1.90. The molecule has 0 fully saturated rings. The number of benzene rings is 3. The smallest absolute Gasteiger partial charge is 0.133 e. The number of hydrogen-bond acceptors (Lipinski definition) is 3. The molecule has 1 heterocycles. The number of fused-ring (bicyclic) bond motifs is 1. The maximum Gasteiger partial charge on any atom is 0.133 e. The number of rotatable bonds is 2. The van der Waals surface area contributed by atoms with Gasteiger partial charge in [-0.15, -0.1) is 5.10 Å². The van der Waals surface area contributed by atoms with E-state index in [1.165, 1.54) is 6.07 Å². The molecule has 5 heteroatoms. The van der Waals surface area contributed by atoms with Crippen molar-refractivity contribution in [3.05, 3.63) is 77.6 Å². The highest BCUT2D eigenvalue weighted by atomic mass is 19.1. The number of aromatic nitrogens is 3. The lowest BCUT2D eigenvalue weighted by Crippen LogP contribution is -2.02. The van der Waals surface area contributed by atoms with Gasteiger partial charge in [0.05, 0.1) is 22.8 Å².